The smallest absolute Gasteiger partial charge is 0.296 e. The highest BCUT2D eigenvalue weighted by Crippen LogP contribution is 2.39. The first-order valence-corrected chi connectivity index (χ1v) is 8.95. The van der Waals surface area contributed by atoms with Gasteiger partial charge in [0.15, 0.2) is 11.5 Å². The summed E-state index contributed by atoms with van der Waals surface area (Å²) in [6, 6.07) is 2.84. The molecule has 2 rings (SSSR count). The standard InChI is InChI=1S/C18H26N2O5/c1-3-9-24-16-11-14(19-18(21)13-7-5-6-8-13)15(20(22)23)12-17(16)25-10-4-2/h11-13H,3-10H2,1-2H3,(H,19,21). The van der Waals surface area contributed by atoms with Crippen molar-refractivity contribution in [2.45, 2.75) is 52.4 Å². The van der Waals surface area contributed by atoms with Crippen molar-refractivity contribution in [3.63, 3.8) is 0 Å². The molecular weight excluding hydrogens is 324 g/mol. The van der Waals surface area contributed by atoms with Crippen molar-refractivity contribution in [3.05, 3.63) is 22.2 Å². The highest BCUT2D eigenvalue weighted by Gasteiger charge is 2.26. The maximum atomic E-state index is 12.4. The monoisotopic (exact) mass is 350 g/mol. The van der Waals surface area contributed by atoms with Crippen LogP contribution in [0.4, 0.5) is 11.4 Å². The Morgan fingerprint density at radius 3 is 2.24 bits per heavy atom. The number of hydrogen-bond acceptors (Lipinski definition) is 5. The molecular formula is C18H26N2O5. The SMILES string of the molecule is CCCOc1cc(NC(=O)C2CCCC2)c([N+](=O)[O-])cc1OCCC. The Bertz CT molecular complexity index is 612. The van der Waals surface area contributed by atoms with E-state index in [1.165, 1.54) is 12.1 Å². The van der Waals surface area contributed by atoms with E-state index in [2.05, 4.69) is 5.32 Å². The van der Waals surface area contributed by atoms with E-state index in [1.807, 2.05) is 13.8 Å². The van der Waals surface area contributed by atoms with E-state index in [4.69, 9.17) is 9.47 Å². The molecule has 7 heteroatoms. The Labute approximate surface area is 147 Å². The largest absolute Gasteiger partial charge is 0.490 e. The van der Waals surface area contributed by atoms with Gasteiger partial charge in [0.2, 0.25) is 5.91 Å². The quantitative estimate of drug-likeness (QED) is 0.529. The van der Waals surface area contributed by atoms with Crippen molar-refractivity contribution >= 4 is 17.3 Å². The third-order valence-electron chi connectivity index (χ3n) is 4.17. The summed E-state index contributed by atoms with van der Waals surface area (Å²) in [5.41, 5.74) is -0.0156. The number of carbonyl (C=O) groups excluding carboxylic acids is 1. The third-order valence-corrected chi connectivity index (χ3v) is 4.17. The number of amides is 1. The van der Waals surface area contributed by atoms with Crippen molar-refractivity contribution in [3.8, 4) is 11.5 Å². The summed E-state index contributed by atoms with van der Waals surface area (Å²) in [5.74, 6) is 0.517. The molecule has 0 aliphatic heterocycles. The molecule has 0 atom stereocenters. The number of carbonyl (C=O) groups is 1. The summed E-state index contributed by atoms with van der Waals surface area (Å²) in [6.45, 7) is 4.83. The van der Waals surface area contributed by atoms with Crippen LogP contribution in [0.5, 0.6) is 11.5 Å². The van der Waals surface area contributed by atoms with E-state index < -0.39 is 4.92 Å². The summed E-state index contributed by atoms with van der Waals surface area (Å²) in [5, 5.41) is 14.2. The highest BCUT2D eigenvalue weighted by molar-refractivity contribution is 5.95. The second-order valence-electron chi connectivity index (χ2n) is 6.24. The predicted octanol–water partition coefficient (Wildman–Crippen LogP) is 4.30. The summed E-state index contributed by atoms with van der Waals surface area (Å²) in [6.07, 6.45) is 5.28. The number of anilines is 1. The first kappa shape index (κ1) is 19.0. The number of nitro groups is 1. The van der Waals surface area contributed by atoms with Gasteiger partial charge in [0.25, 0.3) is 5.69 Å². The molecule has 0 radical (unpaired) electrons. The number of rotatable bonds is 9. The van der Waals surface area contributed by atoms with E-state index in [0.717, 1.165) is 38.5 Å². The number of hydrogen-bond donors (Lipinski definition) is 1. The Balaban J connectivity index is 2.30. The molecule has 138 valence electrons. The number of nitrogens with zero attached hydrogens (tertiary/aromatic N) is 1. The molecule has 1 N–H and O–H groups in total. The predicted molar refractivity (Wildman–Crippen MR) is 95.3 cm³/mol. The van der Waals surface area contributed by atoms with Crippen molar-refractivity contribution in [1.82, 2.24) is 0 Å². The van der Waals surface area contributed by atoms with Crippen molar-refractivity contribution < 1.29 is 19.2 Å². The van der Waals surface area contributed by atoms with Crippen molar-refractivity contribution in [1.29, 1.82) is 0 Å². The van der Waals surface area contributed by atoms with E-state index in [9.17, 15) is 14.9 Å². The molecule has 0 spiro atoms. The molecule has 1 amide bonds. The Morgan fingerprint density at radius 1 is 1.16 bits per heavy atom. The summed E-state index contributed by atoms with van der Waals surface area (Å²) in [7, 11) is 0. The van der Waals surface area contributed by atoms with Crippen LogP contribution in [0.25, 0.3) is 0 Å². The van der Waals surface area contributed by atoms with E-state index in [0.29, 0.717) is 24.7 Å². The van der Waals surface area contributed by atoms with E-state index >= 15 is 0 Å². The van der Waals surface area contributed by atoms with Crippen LogP contribution in [0.2, 0.25) is 0 Å². The molecule has 1 aliphatic rings. The van der Waals surface area contributed by atoms with Gasteiger partial charge in [0.05, 0.1) is 24.2 Å². The lowest BCUT2D eigenvalue weighted by Crippen LogP contribution is -2.21. The molecule has 0 saturated heterocycles. The Kier molecular flexibility index (Phi) is 7.03. The maximum absolute atomic E-state index is 12.4. The van der Waals surface area contributed by atoms with Gasteiger partial charge in [0.1, 0.15) is 5.69 Å². The number of nitro benzene ring substituents is 1. The molecule has 25 heavy (non-hydrogen) atoms. The zero-order chi connectivity index (χ0) is 18.2. The third kappa shape index (κ3) is 5.08. The summed E-state index contributed by atoms with van der Waals surface area (Å²) in [4.78, 5) is 23.3. The van der Waals surface area contributed by atoms with Gasteiger partial charge < -0.3 is 14.8 Å². The number of benzene rings is 1. The van der Waals surface area contributed by atoms with Crippen LogP contribution in [0.15, 0.2) is 12.1 Å². The molecule has 1 aliphatic carbocycles. The Hall–Kier alpha value is -2.31. The first-order valence-electron chi connectivity index (χ1n) is 8.95. The van der Waals surface area contributed by atoms with Crippen LogP contribution in [0.1, 0.15) is 52.4 Å². The molecule has 1 fully saturated rings. The van der Waals surface area contributed by atoms with Gasteiger partial charge in [-0.3, -0.25) is 14.9 Å². The lowest BCUT2D eigenvalue weighted by Gasteiger charge is -2.15. The lowest BCUT2D eigenvalue weighted by molar-refractivity contribution is -0.384. The molecule has 7 nitrogen and oxygen atoms in total. The zero-order valence-electron chi connectivity index (χ0n) is 14.9. The average Bonchev–Trinajstić information content (AvgIpc) is 3.13. The van der Waals surface area contributed by atoms with E-state index in [1.54, 1.807) is 0 Å². The second-order valence-corrected chi connectivity index (χ2v) is 6.24. The number of nitrogens with one attached hydrogen (secondary N) is 1. The molecule has 1 saturated carbocycles. The van der Waals surface area contributed by atoms with Gasteiger partial charge in [-0.2, -0.15) is 0 Å². The van der Waals surface area contributed by atoms with Crippen LogP contribution in [-0.2, 0) is 4.79 Å². The first-order chi connectivity index (χ1) is 12.1. The second kappa shape index (κ2) is 9.25. The minimum Gasteiger partial charge on any atom is -0.490 e. The fourth-order valence-electron chi connectivity index (χ4n) is 2.87. The van der Waals surface area contributed by atoms with E-state index in [-0.39, 0.29) is 23.2 Å². The van der Waals surface area contributed by atoms with Crippen LogP contribution >= 0.6 is 0 Å². The fraction of sp³-hybridized carbons (Fsp3) is 0.611. The maximum Gasteiger partial charge on any atom is 0.296 e. The van der Waals surface area contributed by atoms with Crippen LogP contribution < -0.4 is 14.8 Å². The van der Waals surface area contributed by atoms with Crippen molar-refractivity contribution in [2.24, 2.45) is 5.92 Å². The zero-order valence-corrected chi connectivity index (χ0v) is 14.9. The lowest BCUT2D eigenvalue weighted by atomic mass is 10.1. The Morgan fingerprint density at radius 2 is 1.72 bits per heavy atom. The van der Waals surface area contributed by atoms with Crippen molar-refractivity contribution in [2.75, 3.05) is 18.5 Å². The molecule has 0 bridgehead atoms. The molecule has 0 heterocycles. The van der Waals surface area contributed by atoms with Gasteiger partial charge in [-0.05, 0) is 25.7 Å². The number of ether oxygens (including phenoxy) is 2. The normalized spacial score (nSPS) is 14.3. The van der Waals surface area contributed by atoms with Gasteiger partial charge in [0, 0.05) is 12.0 Å². The van der Waals surface area contributed by atoms with Gasteiger partial charge >= 0.3 is 0 Å². The highest BCUT2D eigenvalue weighted by atomic mass is 16.6. The topological polar surface area (TPSA) is 90.7 Å². The minimum absolute atomic E-state index is 0.0735. The van der Waals surface area contributed by atoms with Crippen LogP contribution in [-0.4, -0.2) is 24.0 Å². The molecule has 0 unspecified atom stereocenters. The fourth-order valence-corrected chi connectivity index (χ4v) is 2.87. The van der Waals surface area contributed by atoms with Crippen LogP contribution in [0.3, 0.4) is 0 Å². The average molecular weight is 350 g/mol. The minimum atomic E-state index is -0.507. The molecule has 1 aromatic rings. The van der Waals surface area contributed by atoms with Gasteiger partial charge in [-0.25, -0.2) is 0 Å². The summed E-state index contributed by atoms with van der Waals surface area (Å²) >= 11 is 0. The summed E-state index contributed by atoms with van der Waals surface area (Å²) < 4.78 is 11.3. The van der Waals surface area contributed by atoms with Gasteiger partial charge in [-0.15, -0.1) is 0 Å². The van der Waals surface area contributed by atoms with Crippen LogP contribution in [0, 0.1) is 16.0 Å². The molecule has 1 aromatic carbocycles. The molecule has 0 aromatic heterocycles. The van der Waals surface area contributed by atoms with Gasteiger partial charge in [-0.1, -0.05) is 26.7 Å².